The summed E-state index contributed by atoms with van der Waals surface area (Å²) in [5.74, 6) is -1.49. The Bertz CT molecular complexity index is 675. The smallest absolute Gasteiger partial charge is 0.284 e. The summed E-state index contributed by atoms with van der Waals surface area (Å²) in [5, 5.41) is -0.516. The fraction of sp³-hybridized carbons (Fsp3) is 0.273. The zero-order valence-electron chi connectivity index (χ0n) is 10.7. The van der Waals surface area contributed by atoms with Crippen LogP contribution in [0.1, 0.15) is 5.56 Å². The molecule has 0 bridgehead atoms. The second-order valence-corrected chi connectivity index (χ2v) is 5.59. The van der Waals surface area contributed by atoms with Gasteiger partial charge in [0.25, 0.3) is 5.91 Å². The topological polar surface area (TPSA) is 36.4 Å². The van der Waals surface area contributed by atoms with Crippen molar-refractivity contribution in [1.82, 2.24) is 8.91 Å². The molecule has 0 unspecified atom stereocenters. The summed E-state index contributed by atoms with van der Waals surface area (Å²) in [5.41, 5.74) is -2.39. The number of halogens is 8. The minimum Gasteiger partial charge on any atom is -0.284 e. The van der Waals surface area contributed by atoms with Gasteiger partial charge in [-0.15, -0.1) is 0 Å². The lowest BCUT2D eigenvalue weighted by Gasteiger charge is -2.33. The van der Waals surface area contributed by atoms with Gasteiger partial charge in [0.1, 0.15) is 12.4 Å². The molecule has 0 saturated heterocycles. The first kappa shape index (κ1) is 17.9. The minimum atomic E-state index is -4.78. The van der Waals surface area contributed by atoms with Gasteiger partial charge in [0.2, 0.25) is 0 Å². The Balaban J connectivity index is 2.38. The molecule has 0 atom stereocenters. The van der Waals surface area contributed by atoms with E-state index in [0.29, 0.717) is 21.1 Å². The lowest BCUT2D eigenvalue weighted by molar-refractivity contribution is -0.137. The Hall–Kier alpha value is -1.49. The fourth-order valence-electron chi connectivity index (χ4n) is 1.71. The summed E-state index contributed by atoms with van der Waals surface area (Å²) in [7, 11) is 0. The molecule has 2 rings (SSSR count). The molecule has 1 aliphatic heterocycles. The van der Waals surface area contributed by atoms with Gasteiger partial charge in [-0.05, 0) is 6.07 Å². The van der Waals surface area contributed by atoms with Crippen molar-refractivity contribution in [2.45, 2.75) is 12.4 Å². The van der Waals surface area contributed by atoms with Gasteiger partial charge in [-0.2, -0.15) is 26.3 Å². The number of rotatable bonds is 1. The van der Waals surface area contributed by atoms with Crippen molar-refractivity contribution >= 4 is 39.5 Å². The molecule has 1 aliphatic rings. The summed E-state index contributed by atoms with van der Waals surface area (Å²) in [6.45, 7) is -0.637. The fourth-order valence-corrected chi connectivity index (χ4v) is 2.51. The standard InChI is InChI=1S/C11H5BrClF6N3O/c12-22-4-21(8(23)2-7(22)11(17,18)19)9-6(13)1-5(3-20-9)10(14,15)16/h1-3H,4H2. The van der Waals surface area contributed by atoms with Gasteiger partial charge in [-0.3, -0.25) is 13.6 Å². The number of hydrogen-bond acceptors (Lipinski definition) is 3. The summed E-state index contributed by atoms with van der Waals surface area (Å²) in [6.07, 6.45) is -8.74. The lowest BCUT2D eigenvalue weighted by Crippen LogP contribution is -2.44. The molecular weight excluding hydrogens is 419 g/mol. The van der Waals surface area contributed by atoms with Gasteiger partial charge >= 0.3 is 12.4 Å². The van der Waals surface area contributed by atoms with E-state index < -0.39 is 41.2 Å². The second-order valence-electron chi connectivity index (χ2n) is 4.32. The van der Waals surface area contributed by atoms with E-state index in [9.17, 15) is 31.1 Å². The highest BCUT2D eigenvalue weighted by molar-refractivity contribution is 9.07. The van der Waals surface area contributed by atoms with Crippen molar-refractivity contribution in [3.63, 3.8) is 0 Å². The average Bonchev–Trinajstić information content (AvgIpc) is 2.39. The van der Waals surface area contributed by atoms with Gasteiger partial charge in [-0.1, -0.05) is 11.6 Å². The number of hydrogen-bond donors (Lipinski definition) is 0. The number of amides is 1. The number of alkyl halides is 6. The number of carbonyl (C=O) groups excluding carboxylic acids is 1. The third-order valence-corrected chi connectivity index (χ3v) is 3.63. The Morgan fingerprint density at radius 3 is 2.26 bits per heavy atom. The van der Waals surface area contributed by atoms with Crippen LogP contribution in [0.5, 0.6) is 0 Å². The Labute approximate surface area is 138 Å². The Kier molecular flexibility index (Phi) is 4.55. The molecule has 1 amide bonds. The molecule has 1 aromatic rings. The highest BCUT2D eigenvalue weighted by Crippen LogP contribution is 2.37. The maximum Gasteiger partial charge on any atom is 0.432 e. The van der Waals surface area contributed by atoms with E-state index in [1.54, 1.807) is 0 Å². The van der Waals surface area contributed by atoms with Crippen LogP contribution < -0.4 is 4.90 Å². The third-order valence-electron chi connectivity index (χ3n) is 2.75. The molecule has 2 heterocycles. The largest absolute Gasteiger partial charge is 0.432 e. The van der Waals surface area contributed by atoms with Gasteiger partial charge in [0.15, 0.2) is 5.82 Å². The third kappa shape index (κ3) is 3.71. The van der Waals surface area contributed by atoms with Crippen molar-refractivity contribution in [2.24, 2.45) is 0 Å². The molecule has 1 aromatic heterocycles. The Morgan fingerprint density at radius 2 is 1.78 bits per heavy atom. The van der Waals surface area contributed by atoms with E-state index in [0.717, 1.165) is 0 Å². The van der Waals surface area contributed by atoms with Crippen molar-refractivity contribution in [3.8, 4) is 0 Å². The van der Waals surface area contributed by atoms with Crippen molar-refractivity contribution in [2.75, 3.05) is 11.6 Å². The molecule has 0 saturated carbocycles. The molecule has 0 spiro atoms. The van der Waals surface area contributed by atoms with Crippen LogP contribution in [0.15, 0.2) is 24.0 Å². The van der Waals surface area contributed by atoms with Crippen LogP contribution in [0.25, 0.3) is 0 Å². The zero-order chi connectivity index (χ0) is 17.6. The van der Waals surface area contributed by atoms with Crippen LogP contribution in [0, 0.1) is 0 Å². The molecule has 0 N–H and O–H groups in total. The lowest BCUT2D eigenvalue weighted by atomic mass is 10.2. The van der Waals surface area contributed by atoms with Crippen molar-refractivity contribution < 1.29 is 31.1 Å². The SMILES string of the molecule is O=C1C=C(C(F)(F)F)N(Br)CN1c1ncc(C(F)(F)F)cc1Cl. The van der Waals surface area contributed by atoms with Gasteiger partial charge in [-0.25, -0.2) is 4.98 Å². The summed E-state index contributed by atoms with van der Waals surface area (Å²) >= 11 is 8.30. The minimum absolute atomic E-state index is 0.286. The molecule has 0 aromatic carbocycles. The molecule has 0 radical (unpaired) electrons. The highest BCUT2D eigenvalue weighted by Gasteiger charge is 2.42. The molecular formula is C11H5BrClF6N3O. The van der Waals surface area contributed by atoms with Crippen molar-refractivity contribution in [3.05, 3.63) is 34.6 Å². The maximum atomic E-state index is 12.7. The van der Waals surface area contributed by atoms with Gasteiger partial charge in [0, 0.05) is 12.3 Å². The molecule has 4 nitrogen and oxygen atoms in total. The van der Waals surface area contributed by atoms with Gasteiger partial charge in [0.05, 0.1) is 26.7 Å². The number of pyridine rings is 1. The van der Waals surface area contributed by atoms with Crippen LogP contribution in [0.4, 0.5) is 32.2 Å². The van der Waals surface area contributed by atoms with Gasteiger partial charge < -0.3 is 0 Å². The first-order valence-corrected chi connectivity index (χ1v) is 6.76. The first-order chi connectivity index (χ1) is 10.4. The zero-order valence-corrected chi connectivity index (χ0v) is 13.1. The second kappa shape index (κ2) is 5.86. The van der Waals surface area contributed by atoms with Crippen LogP contribution in [-0.4, -0.2) is 27.7 Å². The number of carbonyl (C=O) groups is 1. The van der Waals surface area contributed by atoms with E-state index in [2.05, 4.69) is 21.1 Å². The number of anilines is 1. The van der Waals surface area contributed by atoms with E-state index in [4.69, 9.17) is 11.6 Å². The molecule has 0 fully saturated rings. The van der Waals surface area contributed by atoms with E-state index in [1.807, 2.05) is 0 Å². The average molecular weight is 425 g/mol. The van der Waals surface area contributed by atoms with Crippen LogP contribution in [0.2, 0.25) is 5.02 Å². The predicted molar refractivity (Wildman–Crippen MR) is 71.5 cm³/mol. The monoisotopic (exact) mass is 423 g/mol. The van der Waals surface area contributed by atoms with E-state index >= 15 is 0 Å². The molecule has 12 heteroatoms. The molecule has 0 aliphatic carbocycles. The first-order valence-electron chi connectivity index (χ1n) is 5.67. The molecule has 23 heavy (non-hydrogen) atoms. The number of nitrogens with zero attached hydrogens (tertiary/aromatic N) is 3. The normalized spacial score (nSPS) is 16.7. The maximum absolute atomic E-state index is 12.7. The summed E-state index contributed by atoms with van der Waals surface area (Å²) in [4.78, 5) is 15.9. The molecule has 126 valence electrons. The van der Waals surface area contributed by atoms with E-state index in [1.165, 1.54) is 0 Å². The van der Waals surface area contributed by atoms with Crippen LogP contribution >= 0.6 is 27.7 Å². The van der Waals surface area contributed by atoms with Crippen LogP contribution in [0.3, 0.4) is 0 Å². The quantitative estimate of drug-likeness (QED) is 0.503. The van der Waals surface area contributed by atoms with Crippen molar-refractivity contribution in [1.29, 1.82) is 0 Å². The number of allylic oxidation sites excluding steroid dienone is 1. The Morgan fingerprint density at radius 1 is 1.17 bits per heavy atom. The number of aromatic nitrogens is 1. The summed E-state index contributed by atoms with van der Waals surface area (Å²) < 4.78 is 76.2. The van der Waals surface area contributed by atoms with Crippen LogP contribution in [-0.2, 0) is 11.0 Å². The van der Waals surface area contributed by atoms with E-state index in [-0.39, 0.29) is 11.9 Å². The summed E-state index contributed by atoms with van der Waals surface area (Å²) in [6, 6.07) is 0.540. The highest BCUT2D eigenvalue weighted by atomic mass is 79.9. The predicted octanol–water partition coefficient (Wildman–Crippen LogP) is 4.12.